The van der Waals surface area contributed by atoms with Gasteiger partial charge in [-0.15, -0.1) is 11.3 Å². The number of carbonyl (C=O) groups is 1. The summed E-state index contributed by atoms with van der Waals surface area (Å²) >= 11 is 1.61. The van der Waals surface area contributed by atoms with Crippen LogP contribution >= 0.6 is 11.3 Å². The van der Waals surface area contributed by atoms with Gasteiger partial charge in [0.15, 0.2) is 5.01 Å². The fourth-order valence-electron chi connectivity index (χ4n) is 3.79. The molecule has 1 aromatic heterocycles. The van der Waals surface area contributed by atoms with Gasteiger partial charge in [-0.2, -0.15) is 0 Å². The topological polar surface area (TPSA) is 33.2 Å². The molecule has 4 heteroatoms. The number of para-hydroxylation sites is 1. The van der Waals surface area contributed by atoms with E-state index in [1.165, 1.54) is 29.7 Å². The third-order valence-electron chi connectivity index (χ3n) is 5.10. The van der Waals surface area contributed by atoms with Crippen LogP contribution in [0.2, 0.25) is 0 Å². The third kappa shape index (κ3) is 1.59. The summed E-state index contributed by atoms with van der Waals surface area (Å²) in [6.07, 6.45) is 5.75. The second-order valence-electron chi connectivity index (χ2n) is 6.43. The maximum Gasteiger partial charge on any atom is 0.287 e. The van der Waals surface area contributed by atoms with E-state index in [0.29, 0.717) is 5.01 Å². The first-order valence-electron chi connectivity index (χ1n) is 7.67. The van der Waals surface area contributed by atoms with Gasteiger partial charge in [0.25, 0.3) is 5.91 Å². The zero-order valence-corrected chi connectivity index (χ0v) is 12.6. The average molecular weight is 296 g/mol. The van der Waals surface area contributed by atoms with Crippen LogP contribution in [0.15, 0.2) is 24.3 Å². The summed E-state index contributed by atoms with van der Waals surface area (Å²) in [5.74, 6) is 0.102. The molecule has 0 saturated heterocycles. The number of hydrogen-bond donors (Lipinski definition) is 0. The van der Waals surface area contributed by atoms with E-state index in [1.807, 2.05) is 11.0 Å². The average Bonchev–Trinajstić information content (AvgIpc) is 2.83. The minimum absolute atomic E-state index is 0.102. The van der Waals surface area contributed by atoms with E-state index in [9.17, 15) is 4.79 Å². The Kier molecular flexibility index (Phi) is 2.24. The molecule has 1 saturated carbocycles. The molecule has 1 amide bonds. The number of thiazole rings is 1. The first-order chi connectivity index (χ1) is 10.3. The Morgan fingerprint density at radius 2 is 2.10 bits per heavy atom. The maximum absolute atomic E-state index is 12.9. The molecule has 2 heterocycles. The quantitative estimate of drug-likeness (QED) is 0.809. The first kappa shape index (κ1) is 11.9. The number of amides is 1. The van der Waals surface area contributed by atoms with Crippen molar-refractivity contribution in [3.05, 3.63) is 45.4 Å². The smallest absolute Gasteiger partial charge is 0.287 e. The molecule has 2 aromatic rings. The normalized spacial score (nSPS) is 20.7. The highest BCUT2D eigenvalue weighted by molar-refractivity contribution is 7.13. The number of nitrogens with zero attached hydrogens (tertiary/aromatic N) is 2. The zero-order valence-electron chi connectivity index (χ0n) is 11.8. The standard InChI is InChI=1S/C17H16N2OS/c20-16(15-18-12-5-3-7-14(12)21-15)19-10-17(8-9-17)11-4-1-2-6-13(11)19/h1-2,4,6H,3,5,7-10H2. The first-order valence-corrected chi connectivity index (χ1v) is 8.48. The van der Waals surface area contributed by atoms with Gasteiger partial charge in [-0.25, -0.2) is 4.98 Å². The largest absolute Gasteiger partial charge is 0.305 e. The second kappa shape index (κ2) is 3.95. The van der Waals surface area contributed by atoms with Crippen molar-refractivity contribution in [1.29, 1.82) is 0 Å². The van der Waals surface area contributed by atoms with Crippen molar-refractivity contribution in [1.82, 2.24) is 4.98 Å². The van der Waals surface area contributed by atoms with E-state index in [-0.39, 0.29) is 11.3 Å². The molecule has 0 radical (unpaired) electrons. The van der Waals surface area contributed by atoms with E-state index in [0.717, 1.165) is 30.8 Å². The molecule has 0 atom stereocenters. The molecule has 5 rings (SSSR count). The molecule has 2 aliphatic carbocycles. The van der Waals surface area contributed by atoms with Crippen LogP contribution in [0.25, 0.3) is 0 Å². The number of anilines is 1. The van der Waals surface area contributed by atoms with Gasteiger partial charge in [-0.3, -0.25) is 4.79 Å². The summed E-state index contributed by atoms with van der Waals surface area (Å²) in [6.45, 7) is 0.843. The fourth-order valence-corrected chi connectivity index (χ4v) is 4.89. The van der Waals surface area contributed by atoms with Gasteiger partial charge in [0.1, 0.15) is 0 Å². The summed E-state index contributed by atoms with van der Waals surface area (Å²) in [5.41, 5.74) is 3.89. The number of benzene rings is 1. The number of carbonyl (C=O) groups excluding carboxylic acids is 1. The van der Waals surface area contributed by atoms with Crippen LogP contribution in [0.1, 0.15) is 45.2 Å². The third-order valence-corrected chi connectivity index (χ3v) is 6.25. The van der Waals surface area contributed by atoms with Crippen molar-refractivity contribution in [2.45, 2.75) is 37.5 Å². The predicted octanol–water partition coefficient (Wildman–Crippen LogP) is 3.32. The van der Waals surface area contributed by atoms with Crippen LogP contribution in [0.4, 0.5) is 5.69 Å². The zero-order chi connectivity index (χ0) is 14.0. The molecule has 106 valence electrons. The van der Waals surface area contributed by atoms with E-state index in [2.05, 4.69) is 23.2 Å². The van der Waals surface area contributed by atoms with Gasteiger partial charge in [0.2, 0.25) is 0 Å². The second-order valence-corrected chi connectivity index (χ2v) is 7.51. The highest BCUT2D eigenvalue weighted by Gasteiger charge is 2.53. The Labute approximate surface area is 127 Å². The Morgan fingerprint density at radius 3 is 2.90 bits per heavy atom. The Balaban J connectivity index is 1.54. The molecule has 3 nitrogen and oxygen atoms in total. The number of aromatic nitrogens is 1. The van der Waals surface area contributed by atoms with E-state index >= 15 is 0 Å². The van der Waals surface area contributed by atoms with Crippen molar-refractivity contribution >= 4 is 22.9 Å². The summed E-state index contributed by atoms with van der Waals surface area (Å²) in [5, 5.41) is 0.687. The number of hydrogen-bond acceptors (Lipinski definition) is 3. The molecule has 0 N–H and O–H groups in total. The van der Waals surface area contributed by atoms with Crippen LogP contribution in [-0.2, 0) is 18.3 Å². The van der Waals surface area contributed by atoms with Crippen LogP contribution in [0.3, 0.4) is 0 Å². The van der Waals surface area contributed by atoms with Crippen LogP contribution < -0.4 is 4.90 Å². The van der Waals surface area contributed by atoms with Gasteiger partial charge in [-0.05, 0) is 43.7 Å². The molecular formula is C17H16N2OS. The summed E-state index contributed by atoms with van der Waals surface area (Å²) in [4.78, 5) is 20.8. The molecule has 1 spiro atoms. The lowest BCUT2D eigenvalue weighted by Crippen LogP contribution is -2.31. The molecular weight excluding hydrogens is 280 g/mol. The number of aryl methyl sites for hydroxylation is 2. The Morgan fingerprint density at radius 1 is 1.24 bits per heavy atom. The van der Waals surface area contributed by atoms with Gasteiger partial charge in [-0.1, -0.05) is 18.2 Å². The van der Waals surface area contributed by atoms with Crippen molar-refractivity contribution in [2.24, 2.45) is 0 Å². The summed E-state index contributed by atoms with van der Waals surface area (Å²) in [6, 6.07) is 8.40. The van der Waals surface area contributed by atoms with Crippen LogP contribution in [0, 0.1) is 0 Å². The molecule has 1 aromatic carbocycles. The monoisotopic (exact) mass is 296 g/mol. The molecule has 21 heavy (non-hydrogen) atoms. The van der Waals surface area contributed by atoms with Crippen molar-refractivity contribution in [3.63, 3.8) is 0 Å². The van der Waals surface area contributed by atoms with Crippen molar-refractivity contribution in [3.8, 4) is 0 Å². The van der Waals surface area contributed by atoms with Gasteiger partial charge >= 0.3 is 0 Å². The van der Waals surface area contributed by atoms with Crippen molar-refractivity contribution < 1.29 is 4.79 Å². The van der Waals surface area contributed by atoms with Crippen LogP contribution in [-0.4, -0.2) is 17.4 Å². The molecule has 0 unspecified atom stereocenters. The lowest BCUT2D eigenvalue weighted by atomic mass is 9.99. The number of rotatable bonds is 1. The van der Waals surface area contributed by atoms with Gasteiger partial charge in [0, 0.05) is 22.5 Å². The Bertz CT molecular complexity index is 738. The Hall–Kier alpha value is -1.68. The minimum Gasteiger partial charge on any atom is -0.305 e. The summed E-state index contributed by atoms with van der Waals surface area (Å²) < 4.78 is 0. The highest BCUT2D eigenvalue weighted by Crippen LogP contribution is 2.56. The molecule has 3 aliphatic rings. The maximum atomic E-state index is 12.9. The van der Waals surface area contributed by atoms with Gasteiger partial charge in [0.05, 0.1) is 5.69 Å². The lowest BCUT2D eigenvalue weighted by molar-refractivity contribution is 0.0987. The predicted molar refractivity (Wildman–Crippen MR) is 83.2 cm³/mol. The SMILES string of the molecule is O=C(c1nc2c(s1)CCC2)N1CC2(CC2)c2ccccc21. The molecule has 0 bridgehead atoms. The van der Waals surface area contributed by atoms with E-state index < -0.39 is 0 Å². The minimum atomic E-state index is 0.102. The van der Waals surface area contributed by atoms with E-state index in [1.54, 1.807) is 11.3 Å². The van der Waals surface area contributed by atoms with E-state index in [4.69, 9.17) is 0 Å². The summed E-state index contributed by atoms with van der Waals surface area (Å²) in [7, 11) is 0. The van der Waals surface area contributed by atoms with Crippen molar-refractivity contribution in [2.75, 3.05) is 11.4 Å². The highest BCUT2D eigenvalue weighted by atomic mass is 32.1. The molecule has 1 aliphatic heterocycles. The van der Waals surface area contributed by atoms with Crippen LogP contribution in [0.5, 0.6) is 0 Å². The molecule has 1 fully saturated rings. The number of fused-ring (bicyclic) bond motifs is 3. The fraction of sp³-hybridized carbons (Fsp3) is 0.412. The lowest BCUT2D eigenvalue weighted by Gasteiger charge is -2.16. The van der Waals surface area contributed by atoms with Gasteiger partial charge < -0.3 is 4.90 Å².